The number of hydrogen-bond acceptors (Lipinski definition) is 1. The van der Waals surface area contributed by atoms with E-state index in [4.69, 9.17) is 0 Å². The topological polar surface area (TPSA) is 28.7 Å². The number of hydrogen-bond donors (Lipinski definition) is 1. The van der Waals surface area contributed by atoms with Crippen LogP contribution in [0, 0.1) is 6.92 Å². The summed E-state index contributed by atoms with van der Waals surface area (Å²) in [4.78, 5) is 6.85. The Kier molecular flexibility index (Phi) is 2.05. The zero-order chi connectivity index (χ0) is 8.65. The monoisotopic (exact) mass is 220 g/mol. The normalized spacial score (nSPS) is 12.1. The predicted octanol–water partition coefficient (Wildman–Crippen LogP) is 2.69. The molecule has 1 aromatic heterocycles. The van der Waals surface area contributed by atoms with Gasteiger partial charge < -0.3 is 4.98 Å². The van der Waals surface area contributed by atoms with Crippen LogP contribution in [0.15, 0.2) is 4.73 Å². The number of alkyl halides is 1. The van der Waals surface area contributed by atoms with Crippen molar-refractivity contribution in [2.75, 3.05) is 0 Å². The van der Waals surface area contributed by atoms with Gasteiger partial charge in [0.25, 0.3) is 0 Å². The molecule has 1 aromatic rings. The maximum atomic E-state index is 13.3. The summed E-state index contributed by atoms with van der Waals surface area (Å²) in [6.07, 6.45) is 0. The highest BCUT2D eigenvalue weighted by atomic mass is 79.9. The van der Waals surface area contributed by atoms with E-state index in [2.05, 4.69) is 25.9 Å². The van der Waals surface area contributed by atoms with Gasteiger partial charge in [-0.3, -0.25) is 0 Å². The standard InChI is InChI=1S/C7H10BrFN2/c1-4-5(7(2,3)9)11-6(8)10-4/h1-3H3,(H,10,11). The SMILES string of the molecule is Cc1[nH]c(Br)nc1C(C)(C)F. The van der Waals surface area contributed by atoms with Crippen LogP contribution in [0.4, 0.5) is 4.39 Å². The van der Waals surface area contributed by atoms with Crippen LogP contribution >= 0.6 is 15.9 Å². The number of rotatable bonds is 1. The molecule has 1 heterocycles. The number of nitrogens with zero attached hydrogens (tertiary/aromatic N) is 1. The van der Waals surface area contributed by atoms with Gasteiger partial charge in [-0.15, -0.1) is 0 Å². The molecular weight excluding hydrogens is 211 g/mol. The van der Waals surface area contributed by atoms with Gasteiger partial charge in [0.1, 0.15) is 5.67 Å². The van der Waals surface area contributed by atoms with Crippen molar-refractivity contribution in [3.05, 3.63) is 16.1 Å². The van der Waals surface area contributed by atoms with Gasteiger partial charge in [0.2, 0.25) is 0 Å². The lowest BCUT2D eigenvalue weighted by molar-refractivity contribution is 0.214. The first-order chi connectivity index (χ1) is 4.91. The average molecular weight is 221 g/mol. The van der Waals surface area contributed by atoms with Crippen molar-refractivity contribution in [2.24, 2.45) is 0 Å². The molecule has 0 atom stereocenters. The maximum Gasteiger partial charge on any atom is 0.174 e. The Morgan fingerprint density at radius 2 is 2.09 bits per heavy atom. The van der Waals surface area contributed by atoms with Crippen LogP contribution in [0.1, 0.15) is 25.2 Å². The minimum absolute atomic E-state index is 0.462. The van der Waals surface area contributed by atoms with Crippen molar-refractivity contribution < 1.29 is 4.39 Å². The first-order valence-corrected chi connectivity index (χ1v) is 4.12. The third kappa shape index (κ3) is 1.80. The van der Waals surface area contributed by atoms with E-state index in [9.17, 15) is 4.39 Å². The summed E-state index contributed by atoms with van der Waals surface area (Å²) in [5.74, 6) is 0. The van der Waals surface area contributed by atoms with Crippen molar-refractivity contribution >= 4 is 15.9 Å². The van der Waals surface area contributed by atoms with Crippen LogP contribution in [0.2, 0.25) is 0 Å². The molecule has 0 aromatic carbocycles. The lowest BCUT2D eigenvalue weighted by Gasteiger charge is -2.10. The molecule has 0 radical (unpaired) electrons. The largest absolute Gasteiger partial charge is 0.336 e. The number of aromatic amines is 1. The summed E-state index contributed by atoms with van der Waals surface area (Å²) in [5, 5.41) is 0. The van der Waals surface area contributed by atoms with Gasteiger partial charge >= 0.3 is 0 Å². The number of aromatic nitrogens is 2. The van der Waals surface area contributed by atoms with E-state index in [1.54, 1.807) is 6.92 Å². The number of H-pyrrole nitrogens is 1. The molecule has 1 rings (SSSR count). The van der Waals surface area contributed by atoms with Crippen LogP contribution in [0.5, 0.6) is 0 Å². The maximum absolute atomic E-state index is 13.3. The van der Waals surface area contributed by atoms with Crippen molar-refractivity contribution in [3.63, 3.8) is 0 Å². The van der Waals surface area contributed by atoms with Crippen LogP contribution in [0.3, 0.4) is 0 Å². The third-order valence-electron chi connectivity index (χ3n) is 1.42. The minimum atomic E-state index is -1.37. The fraction of sp³-hybridized carbons (Fsp3) is 0.571. The van der Waals surface area contributed by atoms with E-state index < -0.39 is 5.67 Å². The van der Waals surface area contributed by atoms with Gasteiger partial charge in [-0.05, 0) is 36.7 Å². The van der Waals surface area contributed by atoms with Crippen LogP contribution in [0.25, 0.3) is 0 Å². The fourth-order valence-electron chi connectivity index (χ4n) is 1.00. The van der Waals surface area contributed by atoms with Gasteiger partial charge in [0.15, 0.2) is 4.73 Å². The molecule has 0 spiro atoms. The zero-order valence-electron chi connectivity index (χ0n) is 6.70. The van der Waals surface area contributed by atoms with Gasteiger partial charge in [0, 0.05) is 5.69 Å². The molecule has 2 nitrogen and oxygen atoms in total. The van der Waals surface area contributed by atoms with E-state index in [0.717, 1.165) is 5.69 Å². The number of imidazole rings is 1. The Hall–Kier alpha value is -0.380. The van der Waals surface area contributed by atoms with E-state index in [1.165, 1.54) is 13.8 Å². The van der Waals surface area contributed by atoms with Gasteiger partial charge in [-0.2, -0.15) is 0 Å². The summed E-state index contributed by atoms with van der Waals surface area (Å²) in [6.45, 7) is 4.78. The molecular formula is C7H10BrFN2. The summed E-state index contributed by atoms with van der Waals surface area (Å²) in [7, 11) is 0. The highest BCUT2D eigenvalue weighted by molar-refractivity contribution is 9.10. The van der Waals surface area contributed by atoms with Crippen molar-refractivity contribution in [3.8, 4) is 0 Å². The number of nitrogens with one attached hydrogen (secondary N) is 1. The van der Waals surface area contributed by atoms with Crippen LogP contribution in [-0.2, 0) is 5.67 Å². The van der Waals surface area contributed by atoms with E-state index >= 15 is 0 Å². The Bertz CT molecular complexity index is 262. The molecule has 0 saturated carbocycles. The molecule has 62 valence electrons. The fourth-order valence-corrected chi connectivity index (χ4v) is 1.48. The lowest BCUT2D eigenvalue weighted by atomic mass is 10.1. The second kappa shape index (κ2) is 2.59. The second-order valence-electron chi connectivity index (χ2n) is 2.97. The van der Waals surface area contributed by atoms with Crippen LogP contribution in [-0.4, -0.2) is 9.97 Å². The Labute approximate surface area is 73.4 Å². The zero-order valence-corrected chi connectivity index (χ0v) is 8.29. The molecule has 0 bridgehead atoms. The first-order valence-electron chi connectivity index (χ1n) is 3.33. The summed E-state index contributed by atoms with van der Waals surface area (Å²) in [6, 6.07) is 0. The molecule has 0 unspecified atom stereocenters. The highest BCUT2D eigenvalue weighted by Crippen LogP contribution is 2.26. The molecule has 0 saturated heterocycles. The van der Waals surface area contributed by atoms with Crippen molar-refractivity contribution in [2.45, 2.75) is 26.4 Å². The second-order valence-corrected chi connectivity index (χ2v) is 3.72. The number of halogens is 2. The van der Waals surface area contributed by atoms with Gasteiger partial charge in [0.05, 0.1) is 5.69 Å². The Morgan fingerprint density at radius 1 is 1.55 bits per heavy atom. The molecule has 0 aliphatic heterocycles. The van der Waals surface area contributed by atoms with E-state index in [0.29, 0.717) is 10.4 Å². The lowest BCUT2D eigenvalue weighted by Crippen LogP contribution is -2.11. The van der Waals surface area contributed by atoms with E-state index in [1.807, 2.05) is 0 Å². The molecule has 0 fully saturated rings. The van der Waals surface area contributed by atoms with E-state index in [-0.39, 0.29) is 0 Å². The average Bonchev–Trinajstić information content (AvgIpc) is 2.08. The summed E-state index contributed by atoms with van der Waals surface area (Å²) in [5.41, 5.74) is -0.138. The van der Waals surface area contributed by atoms with Crippen LogP contribution < -0.4 is 0 Å². The quantitative estimate of drug-likeness (QED) is 0.775. The molecule has 0 amide bonds. The third-order valence-corrected chi connectivity index (χ3v) is 1.79. The first kappa shape index (κ1) is 8.71. The predicted molar refractivity (Wildman–Crippen MR) is 45.2 cm³/mol. The Morgan fingerprint density at radius 3 is 2.27 bits per heavy atom. The Balaban J connectivity index is 3.13. The molecule has 4 heteroatoms. The van der Waals surface area contributed by atoms with Crippen molar-refractivity contribution in [1.82, 2.24) is 9.97 Å². The smallest absolute Gasteiger partial charge is 0.174 e. The van der Waals surface area contributed by atoms with Crippen molar-refractivity contribution in [1.29, 1.82) is 0 Å². The highest BCUT2D eigenvalue weighted by Gasteiger charge is 2.24. The molecule has 0 aliphatic carbocycles. The van der Waals surface area contributed by atoms with Gasteiger partial charge in [-0.1, -0.05) is 0 Å². The summed E-state index contributed by atoms with van der Waals surface area (Å²) < 4.78 is 13.9. The molecule has 11 heavy (non-hydrogen) atoms. The molecule has 0 aliphatic rings. The minimum Gasteiger partial charge on any atom is -0.336 e. The summed E-state index contributed by atoms with van der Waals surface area (Å²) >= 11 is 3.14. The van der Waals surface area contributed by atoms with Gasteiger partial charge in [-0.25, -0.2) is 9.37 Å². The number of aryl methyl sites for hydroxylation is 1. The molecule has 1 N–H and O–H groups in total.